The summed E-state index contributed by atoms with van der Waals surface area (Å²) < 4.78 is 3.83. The van der Waals surface area contributed by atoms with Crippen molar-refractivity contribution in [3.8, 4) is 0 Å². The summed E-state index contributed by atoms with van der Waals surface area (Å²) in [5, 5.41) is 0. The number of hydrogen-bond acceptors (Lipinski definition) is 0. The molecule has 0 aromatic carbocycles. The first-order valence-corrected chi connectivity index (χ1v) is 4.45. The summed E-state index contributed by atoms with van der Waals surface area (Å²) >= 11 is 0. The van der Waals surface area contributed by atoms with Gasteiger partial charge in [-0.25, -0.2) is 0 Å². The molecule has 1 N–H and O–H groups in total. The third kappa shape index (κ3) is 3.16. The van der Waals surface area contributed by atoms with Crippen LogP contribution in [-0.4, -0.2) is 17.1 Å². The number of aromatic amines is 1. The summed E-state index contributed by atoms with van der Waals surface area (Å²) in [5.74, 6) is 2.47. The second kappa shape index (κ2) is 6.07. The van der Waals surface area contributed by atoms with Gasteiger partial charge in [-0.2, -0.15) is 0 Å². The van der Waals surface area contributed by atoms with Crippen LogP contribution in [0.5, 0.6) is 0 Å². The predicted octanol–water partition coefficient (Wildman–Crippen LogP) is 2.00. The molecule has 0 aliphatic heterocycles. The summed E-state index contributed by atoms with van der Waals surface area (Å²) in [4.78, 5) is 3.11. The Morgan fingerprint density at radius 2 is 2.08 bits per heavy atom. The van der Waals surface area contributed by atoms with E-state index in [4.69, 9.17) is 0 Å². The Bertz CT molecular complexity index is 315. The number of rotatable bonds is 1. The lowest BCUT2D eigenvalue weighted by Gasteiger charge is -1.82. The molecule has 1 heterocycles. The maximum Gasteiger partial charge on any atom is 0.315 e. The third-order valence-electron chi connectivity index (χ3n) is 1.62. The molecule has 0 saturated heterocycles. The second-order valence-electron chi connectivity index (χ2n) is 2.43. The van der Waals surface area contributed by atoms with Gasteiger partial charge in [-0.3, -0.25) is 0 Å². The Kier molecular flexibility index (Phi) is 5.38. The van der Waals surface area contributed by atoms with E-state index in [9.17, 15) is 0 Å². The first-order chi connectivity index (χ1) is 6.25. The van der Waals surface area contributed by atoms with Crippen LogP contribution in [0.4, 0.5) is 0 Å². The van der Waals surface area contributed by atoms with Crippen LogP contribution in [0.25, 0.3) is 0 Å². The van der Waals surface area contributed by atoms with Crippen molar-refractivity contribution in [2.45, 2.75) is 27.7 Å². The number of aryl methyl sites for hydroxylation is 2. The van der Waals surface area contributed by atoms with Crippen molar-refractivity contribution in [1.29, 1.82) is 0 Å². The molecule has 0 radical (unpaired) electrons. The van der Waals surface area contributed by atoms with Crippen molar-refractivity contribution in [3.63, 3.8) is 0 Å². The minimum atomic E-state index is 1.13. The molecule has 0 aliphatic rings. The highest BCUT2D eigenvalue weighted by atomic mass is 14.7. The van der Waals surface area contributed by atoms with E-state index >= 15 is 0 Å². The van der Waals surface area contributed by atoms with Gasteiger partial charge in [0.15, 0.2) is 0 Å². The SMILES string of the molecule is C=C=[N+]=Cc1c(C)c[nH]c1C.CC. The van der Waals surface area contributed by atoms with Gasteiger partial charge in [0.25, 0.3) is 0 Å². The molecule has 0 saturated carbocycles. The van der Waals surface area contributed by atoms with Gasteiger partial charge in [0.05, 0.1) is 5.56 Å². The number of aromatic nitrogens is 1. The Balaban J connectivity index is 0.000000671. The molecule has 2 heteroatoms. The first kappa shape index (κ1) is 11.5. The molecule has 0 bridgehead atoms. The molecule has 0 amide bonds. The van der Waals surface area contributed by atoms with Crippen molar-refractivity contribution in [2.24, 2.45) is 0 Å². The highest BCUT2D eigenvalue weighted by Crippen LogP contribution is 2.07. The van der Waals surface area contributed by atoms with E-state index in [-0.39, 0.29) is 0 Å². The summed E-state index contributed by atoms with van der Waals surface area (Å²) in [6.07, 6.45) is 3.72. The van der Waals surface area contributed by atoms with Crippen molar-refractivity contribution < 1.29 is 0 Å². The van der Waals surface area contributed by atoms with Crippen molar-refractivity contribution in [1.82, 2.24) is 9.65 Å². The van der Waals surface area contributed by atoms with Gasteiger partial charge < -0.3 is 4.98 Å². The zero-order chi connectivity index (χ0) is 10.3. The average Bonchev–Trinajstić information content (AvgIpc) is 2.47. The van der Waals surface area contributed by atoms with Crippen LogP contribution in [0.2, 0.25) is 0 Å². The van der Waals surface area contributed by atoms with Gasteiger partial charge in [-0.05, 0) is 24.1 Å². The summed E-state index contributed by atoms with van der Waals surface area (Å²) in [6, 6.07) is 0. The monoisotopic (exact) mass is 177 g/mol. The second-order valence-corrected chi connectivity index (χ2v) is 2.43. The molecule has 1 aromatic rings. The minimum absolute atomic E-state index is 1.13. The lowest BCUT2D eigenvalue weighted by atomic mass is 10.2. The molecule has 1 rings (SSSR count). The van der Waals surface area contributed by atoms with Gasteiger partial charge in [-0.1, -0.05) is 13.8 Å². The fourth-order valence-corrected chi connectivity index (χ4v) is 0.977. The standard InChI is InChI=1S/C9H10N2.C2H6/c1-4-10-6-9-7(2)5-11-8(9)3;1-2/h5-6H,1H2,2-3H3;1-2H3/p+1. The van der Waals surface area contributed by atoms with E-state index in [0.717, 1.165) is 11.3 Å². The zero-order valence-electron chi connectivity index (χ0n) is 8.81. The molecule has 0 unspecified atom stereocenters. The molecule has 1 aromatic heterocycles. The maximum absolute atomic E-state index is 3.83. The molecule has 2 nitrogen and oxygen atoms in total. The Hall–Kier alpha value is -1.49. The molecule has 0 atom stereocenters. The van der Waals surface area contributed by atoms with E-state index < -0.39 is 0 Å². The van der Waals surface area contributed by atoms with Gasteiger partial charge in [0.2, 0.25) is 0 Å². The summed E-state index contributed by atoms with van der Waals surface area (Å²) in [6.45, 7) is 11.4. The number of nitrogens with one attached hydrogen (secondary N) is 1. The van der Waals surface area contributed by atoms with E-state index in [2.05, 4.69) is 22.1 Å². The van der Waals surface area contributed by atoms with Crippen LogP contribution in [0, 0.1) is 13.8 Å². The van der Waals surface area contributed by atoms with Crippen molar-refractivity contribution in [2.75, 3.05) is 0 Å². The zero-order valence-corrected chi connectivity index (χ0v) is 8.81. The van der Waals surface area contributed by atoms with E-state index in [0.29, 0.717) is 0 Å². The van der Waals surface area contributed by atoms with Gasteiger partial charge in [0, 0.05) is 18.5 Å². The predicted molar refractivity (Wildman–Crippen MR) is 59.5 cm³/mol. The Morgan fingerprint density at radius 3 is 2.46 bits per heavy atom. The molecule has 0 aliphatic carbocycles. The summed E-state index contributed by atoms with van der Waals surface area (Å²) in [5.41, 5.74) is 3.45. The van der Waals surface area contributed by atoms with E-state index in [1.807, 2.05) is 33.9 Å². The Labute approximate surface area is 79.8 Å². The largest absolute Gasteiger partial charge is 0.364 e. The fourth-order valence-electron chi connectivity index (χ4n) is 0.977. The topological polar surface area (TPSA) is 29.9 Å². The first-order valence-electron chi connectivity index (χ1n) is 4.45. The lowest BCUT2D eigenvalue weighted by molar-refractivity contribution is 1.26. The third-order valence-corrected chi connectivity index (χ3v) is 1.62. The smallest absolute Gasteiger partial charge is 0.315 e. The van der Waals surface area contributed by atoms with Crippen LogP contribution in [-0.2, 0) is 0 Å². The van der Waals surface area contributed by atoms with Crippen molar-refractivity contribution in [3.05, 3.63) is 29.6 Å². The maximum atomic E-state index is 3.83. The van der Waals surface area contributed by atoms with E-state index in [1.165, 1.54) is 5.56 Å². The molecule has 13 heavy (non-hydrogen) atoms. The average molecular weight is 177 g/mol. The fraction of sp³-hybridized carbons (Fsp3) is 0.364. The van der Waals surface area contributed by atoms with Gasteiger partial charge in [0.1, 0.15) is 0 Å². The number of hydrogen-bond donors (Lipinski definition) is 1. The van der Waals surface area contributed by atoms with Gasteiger partial charge >= 0.3 is 12.1 Å². The highest BCUT2D eigenvalue weighted by molar-refractivity contribution is 5.83. The minimum Gasteiger partial charge on any atom is -0.364 e. The van der Waals surface area contributed by atoms with Crippen LogP contribution in [0.15, 0.2) is 12.8 Å². The molecule has 70 valence electrons. The van der Waals surface area contributed by atoms with Crippen LogP contribution in [0.1, 0.15) is 30.7 Å². The van der Waals surface area contributed by atoms with Crippen molar-refractivity contribution >= 4 is 12.1 Å². The molecule has 0 fully saturated rings. The molecule has 0 spiro atoms. The van der Waals surface area contributed by atoms with Crippen LogP contribution >= 0.6 is 0 Å². The Morgan fingerprint density at radius 1 is 1.46 bits per heavy atom. The lowest BCUT2D eigenvalue weighted by Crippen LogP contribution is -1.87. The summed E-state index contributed by atoms with van der Waals surface area (Å²) in [7, 11) is 0. The van der Waals surface area contributed by atoms with E-state index in [1.54, 1.807) is 6.21 Å². The van der Waals surface area contributed by atoms with Gasteiger partial charge in [-0.15, -0.1) is 0 Å². The number of H-pyrrole nitrogens is 1. The highest BCUT2D eigenvalue weighted by Gasteiger charge is 2.04. The van der Waals surface area contributed by atoms with Crippen LogP contribution < -0.4 is 4.67 Å². The van der Waals surface area contributed by atoms with Crippen LogP contribution in [0.3, 0.4) is 0 Å². The molecular formula is C11H17N2+. The normalized spacial score (nSPS) is 7.69. The quantitative estimate of drug-likeness (QED) is 0.502. The number of nitrogens with zero attached hydrogens (tertiary/aromatic N) is 1. The molecular weight excluding hydrogens is 160 g/mol.